The fourth-order valence-electron chi connectivity index (χ4n) is 2.22. The Morgan fingerprint density at radius 2 is 2.24 bits per heavy atom. The van der Waals surface area contributed by atoms with Crippen LogP contribution in [0, 0.1) is 0 Å². The van der Waals surface area contributed by atoms with Gasteiger partial charge in [-0.05, 0) is 32.4 Å². The number of furan rings is 1. The average molecular weight is 235 g/mol. The highest BCUT2D eigenvalue weighted by Gasteiger charge is 2.14. The van der Waals surface area contributed by atoms with Gasteiger partial charge in [-0.15, -0.1) is 6.58 Å². The zero-order chi connectivity index (χ0) is 12.5. The van der Waals surface area contributed by atoms with Crippen molar-refractivity contribution >= 4 is 0 Å². The quantitative estimate of drug-likeness (QED) is 0.511. The first-order valence-electron chi connectivity index (χ1n) is 6.67. The molecule has 2 nitrogen and oxygen atoms in total. The number of unbranched alkanes of at least 4 members (excludes halogenated alkanes) is 3. The Hall–Kier alpha value is -1.02. The Balaban J connectivity index is 2.40. The molecular weight excluding hydrogens is 210 g/mol. The van der Waals surface area contributed by atoms with E-state index < -0.39 is 0 Å². The zero-order valence-electron chi connectivity index (χ0n) is 11.2. The molecule has 1 atom stereocenters. The van der Waals surface area contributed by atoms with E-state index in [1.807, 2.05) is 13.1 Å². The predicted molar refractivity (Wildman–Crippen MR) is 73.2 cm³/mol. The van der Waals surface area contributed by atoms with Crippen molar-refractivity contribution in [2.45, 2.75) is 51.5 Å². The lowest BCUT2D eigenvalue weighted by atomic mass is 10.00. The van der Waals surface area contributed by atoms with E-state index in [2.05, 4.69) is 24.9 Å². The van der Waals surface area contributed by atoms with Crippen molar-refractivity contribution in [2.75, 3.05) is 7.05 Å². The van der Waals surface area contributed by atoms with Crippen molar-refractivity contribution in [1.29, 1.82) is 0 Å². The minimum absolute atomic E-state index is 0.437. The summed E-state index contributed by atoms with van der Waals surface area (Å²) in [6.07, 6.45) is 10.9. The number of hydrogen-bond donors (Lipinski definition) is 1. The second-order valence-electron chi connectivity index (χ2n) is 4.42. The summed E-state index contributed by atoms with van der Waals surface area (Å²) in [5.74, 6) is 1.12. The largest absolute Gasteiger partial charge is 0.469 e. The third-order valence-electron chi connectivity index (χ3n) is 3.23. The smallest absolute Gasteiger partial charge is 0.108 e. The third-order valence-corrected chi connectivity index (χ3v) is 3.23. The first kappa shape index (κ1) is 14.0. The Bertz CT molecular complexity index is 316. The minimum Gasteiger partial charge on any atom is -0.469 e. The SMILES string of the molecule is C=CCCCCCC(NC)c1ccoc1CC. The molecule has 0 amide bonds. The highest BCUT2D eigenvalue weighted by molar-refractivity contribution is 5.21. The van der Waals surface area contributed by atoms with Crippen LogP contribution in [-0.2, 0) is 6.42 Å². The lowest BCUT2D eigenvalue weighted by Gasteiger charge is -2.15. The van der Waals surface area contributed by atoms with Gasteiger partial charge in [0.1, 0.15) is 5.76 Å². The fourth-order valence-corrected chi connectivity index (χ4v) is 2.22. The molecule has 0 spiro atoms. The van der Waals surface area contributed by atoms with Gasteiger partial charge < -0.3 is 9.73 Å². The van der Waals surface area contributed by atoms with E-state index in [4.69, 9.17) is 4.42 Å². The Labute approximate surface area is 105 Å². The molecule has 0 fully saturated rings. The monoisotopic (exact) mass is 235 g/mol. The van der Waals surface area contributed by atoms with Gasteiger partial charge in [-0.3, -0.25) is 0 Å². The molecule has 0 aromatic carbocycles. The molecule has 0 aliphatic heterocycles. The maximum absolute atomic E-state index is 5.49. The van der Waals surface area contributed by atoms with E-state index in [0.717, 1.165) is 18.6 Å². The van der Waals surface area contributed by atoms with Crippen LogP contribution in [0.2, 0.25) is 0 Å². The highest BCUT2D eigenvalue weighted by Crippen LogP contribution is 2.24. The second-order valence-corrected chi connectivity index (χ2v) is 4.42. The van der Waals surface area contributed by atoms with Gasteiger partial charge in [0.15, 0.2) is 0 Å². The Morgan fingerprint density at radius 1 is 1.41 bits per heavy atom. The molecule has 1 aromatic rings. The summed E-state index contributed by atoms with van der Waals surface area (Å²) in [6, 6.07) is 2.54. The van der Waals surface area contributed by atoms with E-state index in [9.17, 15) is 0 Å². The van der Waals surface area contributed by atoms with Gasteiger partial charge in [0.05, 0.1) is 6.26 Å². The maximum atomic E-state index is 5.49. The van der Waals surface area contributed by atoms with E-state index in [1.165, 1.54) is 31.2 Å². The third kappa shape index (κ3) is 4.39. The van der Waals surface area contributed by atoms with Crippen LogP contribution in [0.15, 0.2) is 29.4 Å². The van der Waals surface area contributed by atoms with Crippen LogP contribution in [0.1, 0.15) is 56.4 Å². The summed E-state index contributed by atoms with van der Waals surface area (Å²) in [5.41, 5.74) is 1.33. The van der Waals surface area contributed by atoms with E-state index in [0.29, 0.717) is 6.04 Å². The van der Waals surface area contributed by atoms with Crippen LogP contribution in [0.4, 0.5) is 0 Å². The van der Waals surface area contributed by atoms with Gasteiger partial charge in [0, 0.05) is 18.0 Å². The van der Waals surface area contributed by atoms with Gasteiger partial charge in [-0.2, -0.15) is 0 Å². The van der Waals surface area contributed by atoms with Crippen molar-refractivity contribution in [1.82, 2.24) is 5.32 Å². The Kier molecular flexibility index (Phi) is 6.71. The first-order chi connectivity index (χ1) is 8.33. The van der Waals surface area contributed by atoms with Crippen molar-refractivity contribution in [3.05, 3.63) is 36.3 Å². The van der Waals surface area contributed by atoms with Gasteiger partial charge in [0.2, 0.25) is 0 Å². The van der Waals surface area contributed by atoms with Gasteiger partial charge in [0.25, 0.3) is 0 Å². The lowest BCUT2D eigenvalue weighted by Crippen LogP contribution is -2.16. The van der Waals surface area contributed by atoms with Crippen molar-refractivity contribution in [2.24, 2.45) is 0 Å². The fraction of sp³-hybridized carbons (Fsp3) is 0.600. The van der Waals surface area contributed by atoms with Crippen molar-refractivity contribution in [3.63, 3.8) is 0 Å². The number of allylic oxidation sites excluding steroid dienone is 1. The van der Waals surface area contributed by atoms with Crippen molar-refractivity contribution < 1.29 is 4.42 Å². The summed E-state index contributed by atoms with van der Waals surface area (Å²) in [5, 5.41) is 3.39. The minimum atomic E-state index is 0.437. The molecule has 1 N–H and O–H groups in total. The summed E-state index contributed by atoms with van der Waals surface area (Å²) in [4.78, 5) is 0. The molecule has 0 radical (unpaired) electrons. The molecule has 17 heavy (non-hydrogen) atoms. The molecular formula is C15H25NO. The van der Waals surface area contributed by atoms with Crippen LogP contribution in [0.5, 0.6) is 0 Å². The number of rotatable bonds is 9. The van der Waals surface area contributed by atoms with Crippen LogP contribution in [-0.4, -0.2) is 7.05 Å². The molecule has 1 rings (SSSR count). The zero-order valence-corrected chi connectivity index (χ0v) is 11.2. The molecule has 1 heterocycles. The lowest BCUT2D eigenvalue weighted by molar-refractivity contribution is 0.473. The molecule has 0 bridgehead atoms. The molecule has 0 saturated carbocycles. The van der Waals surface area contributed by atoms with Crippen LogP contribution in [0.25, 0.3) is 0 Å². The molecule has 96 valence electrons. The topological polar surface area (TPSA) is 25.2 Å². The summed E-state index contributed by atoms with van der Waals surface area (Å²) in [6.45, 7) is 5.89. The van der Waals surface area contributed by atoms with E-state index >= 15 is 0 Å². The molecule has 2 heteroatoms. The number of nitrogens with one attached hydrogen (secondary N) is 1. The van der Waals surface area contributed by atoms with Gasteiger partial charge in [-0.25, -0.2) is 0 Å². The molecule has 0 aliphatic carbocycles. The maximum Gasteiger partial charge on any atom is 0.108 e. The second kappa shape index (κ2) is 8.13. The van der Waals surface area contributed by atoms with Gasteiger partial charge >= 0.3 is 0 Å². The molecule has 0 saturated heterocycles. The summed E-state index contributed by atoms with van der Waals surface area (Å²) in [7, 11) is 2.03. The first-order valence-corrected chi connectivity index (χ1v) is 6.67. The number of aryl methyl sites for hydroxylation is 1. The molecule has 1 unspecified atom stereocenters. The van der Waals surface area contributed by atoms with Crippen LogP contribution in [0.3, 0.4) is 0 Å². The number of hydrogen-bond acceptors (Lipinski definition) is 2. The summed E-state index contributed by atoms with van der Waals surface area (Å²) < 4.78 is 5.49. The van der Waals surface area contributed by atoms with E-state index in [1.54, 1.807) is 6.26 Å². The van der Waals surface area contributed by atoms with Gasteiger partial charge in [-0.1, -0.05) is 25.8 Å². The normalized spacial score (nSPS) is 12.6. The van der Waals surface area contributed by atoms with E-state index in [-0.39, 0.29) is 0 Å². The Morgan fingerprint density at radius 3 is 2.88 bits per heavy atom. The summed E-state index contributed by atoms with van der Waals surface area (Å²) >= 11 is 0. The predicted octanol–water partition coefficient (Wildman–Crippen LogP) is 4.24. The molecule has 0 aliphatic rings. The highest BCUT2D eigenvalue weighted by atomic mass is 16.3. The molecule has 1 aromatic heterocycles. The van der Waals surface area contributed by atoms with Crippen LogP contribution < -0.4 is 5.32 Å². The van der Waals surface area contributed by atoms with Crippen molar-refractivity contribution in [3.8, 4) is 0 Å². The van der Waals surface area contributed by atoms with Crippen LogP contribution >= 0.6 is 0 Å². The standard InChI is InChI=1S/C15H25NO/c1-4-6-7-8-9-10-14(16-3)13-11-12-17-15(13)5-2/h4,11-12,14,16H,1,5-10H2,2-3H3. The average Bonchev–Trinajstić information content (AvgIpc) is 2.82.